The third kappa shape index (κ3) is 3.36. The van der Waals surface area contributed by atoms with Gasteiger partial charge in [0.25, 0.3) is 0 Å². The summed E-state index contributed by atoms with van der Waals surface area (Å²) in [6, 6.07) is 2.79. The average Bonchev–Trinajstić information content (AvgIpc) is 2.93. The van der Waals surface area contributed by atoms with Gasteiger partial charge in [-0.2, -0.15) is 0 Å². The summed E-state index contributed by atoms with van der Waals surface area (Å²) in [4.78, 5) is 16.4. The van der Waals surface area contributed by atoms with E-state index < -0.39 is 0 Å². The van der Waals surface area contributed by atoms with E-state index in [4.69, 9.17) is 4.98 Å². The van der Waals surface area contributed by atoms with Gasteiger partial charge in [-0.25, -0.2) is 15.0 Å². The monoisotopic (exact) mass is 316 g/mol. The Bertz CT molecular complexity index is 642. The Morgan fingerprint density at radius 2 is 1.86 bits per heavy atom. The topological polar surface area (TPSA) is 41.9 Å². The highest BCUT2D eigenvalue weighted by molar-refractivity contribution is 7.13. The molecule has 0 bridgehead atoms. The quantitative estimate of drug-likeness (QED) is 0.863. The first kappa shape index (κ1) is 15.6. The second-order valence-corrected chi connectivity index (χ2v) is 7.28. The number of aromatic nitrogens is 3. The molecule has 0 atom stereocenters. The van der Waals surface area contributed by atoms with Gasteiger partial charge >= 0.3 is 0 Å². The van der Waals surface area contributed by atoms with E-state index in [1.54, 1.807) is 11.3 Å². The molecule has 4 nitrogen and oxygen atoms in total. The lowest BCUT2D eigenvalue weighted by Gasteiger charge is -2.34. The van der Waals surface area contributed by atoms with E-state index in [0.717, 1.165) is 35.3 Å². The number of aryl methyl sites for hydroxylation is 2. The molecule has 5 heteroatoms. The molecule has 0 amide bonds. The summed E-state index contributed by atoms with van der Waals surface area (Å²) in [5.41, 5.74) is 3.23. The van der Waals surface area contributed by atoms with Crippen molar-refractivity contribution in [2.24, 2.45) is 0 Å². The van der Waals surface area contributed by atoms with Crippen LogP contribution in [0.2, 0.25) is 0 Å². The molecule has 0 unspecified atom stereocenters. The zero-order valence-corrected chi connectivity index (χ0v) is 14.7. The zero-order chi connectivity index (χ0) is 15.7. The van der Waals surface area contributed by atoms with Crippen LogP contribution < -0.4 is 0 Å². The molecule has 0 spiro atoms. The molecule has 3 rings (SSSR count). The van der Waals surface area contributed by atoms with Gasteiger partial charge < -0.3 is 4.90 Å². The maximum atomic E-state index is 4.71. The van der Waals surface area contributed by atoms with Gasteiger partial charge in [0, 0.05) is 28.7 Å². The smallest absolute Gasteiger partial charge is 0.142 e. The molecular formula is C17H24N4S. The molecule has 0 aliphatic carbocycles. The first-order chi connectivity index (χ1) is 10.5. The van der Waals surface area contributed by atoms with E-state index in [2.05, 4.69) is 40.2 Å². The number of rotatable bonds is 3. The minimum absolute atomic E-state index is 0.552. The lowest BCUT2D eigenvalue weighted by Crippen LogP contribution is -2.38. The summed E-state index contributed by atoms with van der Waals surface area (Å²) < 4.78 is 0. The van der Waals surface area contributed by atoms with Crippen LogP contribution in [0.15, 0.2) is 11.4 Å². The van der Waals surface area contributed by atoms with Gasteiger partial charge in [0.15, 0.2) is 0 Å². The first-order valence-electron chi connectivity index (χ1n) is 8.05. The molecule has 118 valence electrons. The van der Waals surface area contributed by atoms with Crippen molar-refractivity contribution in [1.82, 2.24) is 19.9 Å². The standard InChI is InChI=1S/C17H24N4S/c1-11(2)21-7-5-14(6-8-21)15-9-16(20-13(4)19-15)17-18-12(3)10-22-17/h9-11,14H,5-8H2,1-4H3. The average molecular weight is 316 g/mol. The van der Waals surface area contributed by atoms with Crippen LogP contribution in [0.5, 0.6) is 0 Å². The summed E-state index contributed by atoms with van der Waals surface area (Å²) in [5.74, 6) is 1.41. The molecule has 1 fully saturated rings. The third-order valence-electron chi connectivity index (χ3n) is 4.37. The van der Waals surface area contributed by atoms with Crippen LogP contribution in [0.25, 0.3) is 10.7 Å². The van der Waals surface area contributed by atoms with Crippen molar-refractivity contribution in [1.29, 1.82) is 0 Å². The molecule has 1 aliphatic heterocycles. The molecule has 0 saturated carbocycles. The second-order valence-electron chi connectivity index (χ2n) is 6.42. The Morgan fingerprint density at radius 3 is 2.45 bits per heavy atom. The first-order valence-corrected chi connectivity index (χ1v) is 8.93. The molecule has 0 radical (unpaired) electrons. The summed E-state index contributed by atoms with van der Waals surface area (Å²) in [6.07, 6.45) is 2.37. The Balaban J connectivity index is 1.81. The molecule has 1 aliphatic rings. The molecule has 0 aromatic carbocycles. The van der Waals surface area contributed by atoms with Gasteiger partial charge in [-0.15, -0.1) is 11.3 Å². The van der Waals surface area contributed by atoms with Crippen LogP contribution >= 0.6 is 11.3 Å². The highest BCUT2D eigenvalue weighted by atomic mass is 32.1. The van der Waals surface area contributed by atoms with E-state index >= 15 is 0 Å². The van der Waals surface area contributed by atoms with Gasteiger partial charge in [0.2, 0.25) is 0 Å². The summed E-state index contributed by atoms with van der Waals surface area (Å²) >= 11 is 1.66. The van der Waals surface area contributed by atoms with E-state index in [9.17, 15) is 0 Å². The Hall–Kier alpha value is -1.33. The lowest BCUT2D eigenvalue weighted by molar-refractivity contribution is 0.170. The van der Waals surface area contributed by atoms with Crippen LogP contribution in [0.3, 0.4) is 0 Å². The number of nitrogens with zero attached hydrogens (tertiary/aromatic N) is 4. The molecule has 0 N–H and O–H groups in total. The fourth-order valence-electron chi connectivity index (χ4n) is 3.09. The number of hydrogen-bond donors (Lipinski definition) is 0. The number of likely N-dealkylation sites (tertiary alicyclic amines) is 1. The largest absolute Gasteiger partial charge is 0.301 e. The SMILES string of the molecule is Cc1csc(-c2cc(C3CCN(C(C)C)CC3)nc(C)n2)n1. The van der Waals surface area contributed by atoms with Gasteiger partial charge in [0.1, 0.15) is 16.5 Å². The number of thiazole rings is 1. The maximum Gasteiger partial charge on any atom is 0.142 e. The van der Waals surface area contributed by atoms with E-state index in [1.807, 2.05) is 13.8 Å². The predicted octanol–water partition coefficient (Wildman–Crippen LogP) is 3.80. The van der Waals surface area contributed by atoms with Gasteiger partial charge in [0.05, 0.1) is 0 Å². The maximum absolute atomic E-state index is 4.71. The summed E-state index contributed by atoms with van der Waals surface area (Å²) in [6.45, 7) is 10.9. The highest BCUT2D eigenvalue weighted by Gasteiger charge is 2.24. The fourth-order valence-corrected chi connectivity index (χ4v) is 3.85. The fraction of sp³-hybridized carbons (Fsp3) is 0.588. The normalized spacial score (nSPS) is 17.3. The number of piperidine rings is 1. The molecule has 22 heavy (non-hydrogen) atoms. The van der Waals surface area contributed by atoms with Crippen LogP contribution in [0, 0.1) is 13.8 Å². The van der Waals surface area contributed by atoms with E-state index in [-0.39, 0.29) is 0 Å². The second kappa shape index (κ2) is 6.42. The third-order valence-corrected chi connectivity index (χ3v) is 5.36. The van der Waals surface area contributed by atoms with Crippen molar-refractivity contribution in [2.75, 3.05) is 13.1 Å². The molecule has 1 saturated heterocycles. The van der Waals surface area contributed by atoms with Crippen molar-refractivity contribution in [3.63, 3.8) is 0 Å². The van der Waals surface area contributed by atoms with E-state index in [0.29, 0.717) is 12.0 Å². The minimum Gasteiger partial charge on any atom is -0.301 e. The van der Waals surface area contributed by atoms with Gasteiger partial charge in [-0.1, -0.05) is 0 Å². The van der Waals surface area contributed by atoms with E-state index in [1.165, 1.54) is 18.5 Å². The summed E-state index contributed by atoms with van der Waals surface area (Å²) in [5, 5.41) is 3.08. The van der Waals surface area contributed by atoms with Crippen molar-refractivity contribution in [2.45, 2.75) is 52.5 Å². The van der Waals surface area contributed by atoms with Crippen molar-refractivity contribution in [3.05, 3.63) is 28.7 Å². The van der Waals surface area contributed by atoms with Crippen LogP contribution in [-0.4, -0.2) is 39.0 Å². The Labute approximate surface area is 136 Å². The predicted molar refractivity (Wildman–Crippen MR) is 91.3 cm³/mol. The minimum atomic E-state index is 0.552. The zero-order valence-electron chi connectivity index (χ0n) is 13.8. The van der Waals surface area contributed by atoms with Gasteiger partial charge in [-0.3, -0.25) is 0 Å². The van der Waals surface area contributed by atoms with Crippen LogP contribution in [-0.2, 0) is 0 Å². The Morgan fingerprint density at radius 1 is 1.14 bits per heavy atom. The lowest BCUT2D eigenvalue weighted by atomic mass is 9.92. The van der Waals surface area contributed by atoms with Crippen LogP contribution in [0.4, 0.5) is 0 Å². The summed E-state index contributed by atoms with van der Waals surface area (Å²) in [7, 11) is 0. The van der Waals surface area contributed by atoms with Crippen molar-refractivity contribution in [3.8, 4) is 10.7 Å². The van der Waals surface area contributed by atoms with Crippen LogP contribution in [0.1, 0.15) is 49.8 Å². The van der Waals surface area contributed by atoms with Crippen molar-refractivity contribution < 1.29 is 0 Å². The molecule has 2 aromatic heterocycles. The molecule has 3 heterocycles. The van der Waals surface area contributed by atoms with Gasteiger partial charge in [-0.05, 0) is 59.7 Å². The molecule has 2 aromatic rings. The molecular weight excluding hydrogens is 292 g/mol. The highest BCUT2D eigenvalue weighted by Crippen LogP contribution is 2.30. The number of hydrogen-bond acceptors (Lipinski definition) is 5. The Kier molecular flexibility index (Phi) is 4.54. The van der Waals surface area contributed by atoms with Crippen molar-refractivity contribution >= 4 is 11.3 Å².